The summed E-state index contributed by atoms with van der Waals surface area (Å²) in [4.78, 5) is 27.2. The number of nitrogens with zero attached hydrogens (tertiary/aromatic N) is 2. The van der Waals surface area contributed by atoms with Gasteiger partial charge in [0, 0.05) is 30.0 Å². The minimum Gasteiger partial charge on any atom is -0.467 e. The molecule has 0 aliphatic carbocycles. The maximum atomic E-state index is 13.2. The van der Waals surface area contributed by atoms with Crippen molar-refractivity contribution >= 4 is 23.2 Å². The maximum absolute atomic E-state index is 13.2. The summed E-state index contributed by atoms with van der Waals surface area (Å²) >= 11 is 0. The lowest BCUT2D eigenvalue weighted by Gasteiger charge is -2.30. The van der Waals surface area contributed by atoms with Crippen LogP contribution in [-0.4, -0.2) is 29.5 Å². The molecule has 0 spiro atoms. The second-order valence-electron chi connectivity index (χ2n) is 8.05. The van der Waals surface area contributed by atoms with Crippen molar-refractivity contribution in [3.63, 3.8) is 0 Å². The van der Waals surface area contributed by atoms with Crippen molar-refractivity contribution in [2.45, 2.75) is 39.7 Å². The fourth-order valence-corrected chi connectivity index (χ4v) is 4.22. The van der Waals surface area contributed by atoms with Crippen molar-refractivity contribution in [2.75, 3.05) is 23.3 Å². The second-order valence-corrected chi connectivity index (χ2v) is 8.05. The van der Waals surface area contributed by atoms with E-state index in [2.05, 4.69) is 14.8 Å². The van der Waals surface area contributed by atoms with Gasteiger partial charge in [-0.3, -0.25) is 9.59 Å². The van der Waals surface area contributed by atoms with Gasteiger partial charge < -0.3 is 24.9 Å². The summed E-state index contributed by atoms with van der Waals surface area (Å²) < 4.78 is 7.52. The first-order chi connectivity index (χ1) is 14.9. The lowest BCUT2D eigenvalue weighted by atomic mass is 10.1. The highest BCUT2D eigenvalue weighted by atomic mass is 16.3. The van der Waals surface area contributed by atoms with Crippen LogP contribution >= 0.6 is 0 Å². The van der Waals surface area contributed by atoms with Crippen molar-refractivity contribution in [1.29, 1.82) is 0 Å². The number of nitrogens with two attached hydrogens (primary N) is 1. The molecule has 4 rings (SSSR count). The molecular formula is C24H28N4O3. The third-order valence-corrected chi connectivity index (χ3v) is 5.94. The first-order valence-corrected chi connectivity index (χ1v) is 10.6. The predicted molar refractivity (Wildman–Crippen MR) is 121 cm³/mol. The number of nitrogens with one attached hydrogen (secondary N) is 1. The third-order valence-electron chi connectivity index (χ3n) is 5.94. The van der Waals surface area contributed by atoms with E-state index in [-0.39, 0.29) is 5.91 Å². The van der Waals surface area contributed by atoms with Crippen LogP contribution < -0.4 is 16.0 Å². The molecular weight excluding hydrogens is 392 g/mol. The van der Waals surface area contributed by atoms with Gasteiger partial charge in [0.2, 0.25) is 5.91 Å². The molecule has 1 aliphatic rings. The molecule has 3 aromatic rings. The molecule has 7 heteroatoms. The van der Waals surface area contributed by atoms with E-state index in [9.17, 15) is 9.59 Å². The van der Waals surface area contributed by atoms with Crippen LogP contribution in [0.3, 0.4) is 0 Å². The topological polar surface area (TPSA) is 93.5 Å². The molecule has 1 saturated heterocycles. The number of hydrogen-bond acceptors (Lipinski definition) is 4. The molecule has 31 heavy (non-hydrogen) atoms. The second kappa shape index (κ2) is 8.71. The van der Waals surface area contributed by atoms with Crippen LogP contribution in [0.4, 0.5) is 11.4 Å². The molecule has 0 atom stereocenters. The average molecular weight is 421 g/mol. The van der Waals surface area contributed by atoms with Crippen LogP contribution in [0, 0.1) is 13.8 Å². The zero-order chi connectivity index (χ0) is 22.0. The highest BCUT2D eigenvalue weighted by molar-refractivity contribution is 6.08. The van der Waals surface area contributed by atoms with Gasteiger partial charge in [0.25, 0.3) is 5.91 Å². The highest BCUT2D eigenvalue weighted by Gasteiger charge is 2.21. The summed E-state index contributed by atoms with van der Waals surface area (Å²) in [5.74, 6) is 0.103. The van der Waals surface area contributed by atoms with Crippen molar-refractivity contribution in [2.24, 2.45) is 5.73 Å². The number of aryl methyl sites for hydroxylation is 1. The van der Waals surface area contributed by atoms with E-state index in [1.165, 1.54) is 6.42 Å². The number of anilines is 2. The summed E-state index contributed by atoms with van der Waals surface area (Å²) in [6.45, 7) is 6.32. The summed E-state index contributed by atoms with van der Waals surface area (Å²) in [6.07, 6.45) is 5.07. The Balaban J connectivity index is 1.63. The van der Waals surface area contributed by atoms with E-state index >= 15 is 0 Å². The Labute approximate surface area is 181 Å². The van der Waals surface area contributed by atoms with Crippen molar-refractivity contribution < 1.29 is 14.0 Å². The molecule has 7 nitrogen and oxygen atoms in total. The van der Waals surface area contributed by atoms with Gasteiger partial charge in [-0.05, 0) is 69.5 Å². The Hall–Kier alpha value is -3.48. The first kappa shape index (κ1) is 20.8. The fraction of sp³-hybridized carbons (Fsp3) is 0.333. The van der Waals surface area contributed by atoms with E-state index in [4.69, 9.17) is 10.2 Å². The Morgan fingerprint density at radius 2 is 1.87 bits per heavy atom. The van der Waals surface area contributed by atoms with E-state index in [0.717, 1.165) is 48.8 Å². The number of benzene rings is 1. The van der Waals surface area contributed by atoms with Gasteiger partial charge >= 0.3 is 0 Å². The Morgan fingerprint density at radius 3 is 2.55 bits per heavy atom. The number of furan rings is 1. The van der Waals surface area contributed by atoms with Crippen LogP contribution in [-0.2, 0) is 6.54 Å². The standard InChI is InChI=1S/C24H28N4O3/c1-16-13-20(17(2)28(16)15-19-7-6-12-31-19)24(30)26-21-14-18(23(25)29)8-9-22(21)27-10-4-3-5-11-27/h6-9,12-14H,3-5,10-11,15H2,1-2H3,(H2,25,29)(H,26,30). The average Bonchev–Trinajstić information content (AvgIpc) is 3.38. The molecule has 162 valence electrons. The number of carbonyl (C=O) groups is 2. The van der Waals surface area contributed by atoms with E-state index in [1.54, 1.807) is 18.4 Å². The summed E-state index contributed by atoms with van der Waals surface area (Å²) in [5.41, 5.74) is 9.82. The van der Waals surface area contributed by atoms with E-state index in [1.807, 2.05) is 38.1 Å². The Kier molecular flexibility index (Phi) is 5.84. The van der Waals surface area contributed by atoms with Crippen LogP contribution in [0.15, 0.2) is 47.1 Å². The minimum absolute atomic E-state index is 0.210. The number of primary amides is 1. The van der Waals surface area contributed by atoms with Crippen LogP contribution in [0.2, 0.25) is 0 Å². The number of hydrogen-bond donors (Lipinski definition) is 2. The number of amides is 2. The third kappa shape index (κ3) is 4.35. The van der Waals surface area contributed by atoms with E-state index < -0.39 is 5.91 Å². The molecule has 2 amide bonds. The van der Waals surface area contributed by atoms with Crippen molar-refractivity contribution in [3.05, 3.63) is 70.9 Å². The van der Waals surface area contributed by atoms with Crippen LogP contribution in [0.1, 0.15) is 57.1 Å². The fourth-order valence-electron chi connectivity index (χ4n) is 4.22. The van der Waals surface area contributed by atoms with Crippen molar-refractivity contribution in [3.8, 4) is 0 Å². The molecule has 0 radical (unpaired) electrons. The molecule has 3 heterocycles. The normalized spacial score (nSPS) is 13.9. The van der Waals surface area contributed by atoms with Gasteiger partial charge in [0.1, 0.15) is 5.76 Å². The Bertz CT molecular complexity index is 1090. The zero-order valence-electron chi connectivity index (χ0n) is 18.0. The number of aromatic nitrogens is 1. The number of rotatable bonds is 6. The van der Waals surface area contributed by atoms with Crippen molar-refractivity contribution in [1.82, 2.24) is 4.57 Å². The predicted octanol–water partition coefficient (Wildman–Crippen LogP) is 4.09. The monoisotopic (exact) mass is 420 g/mol. The lowest BCUT2D eigenvalue weighted by Crippen LogP contribution is -2.30. The van der Waals surface area contributed by atoms with Gasteiger partial charge in [-0.2, -0.15) is 0 Å². The summed E-state index contributed by atoms with van der Waals surface area (Å²) in [7, 11) is 0. The maximum Gasteiger partial charge on any atom is 0.257 e. The molecule has 0 saturated carbocycles. The van der Waals surface area contributed by atoms with Gasteiger partial charge in [-0.25, -0.2) is 0 Å². The van der Waals surface area contributed by atoms with Gasteiger partial charge in [0.15, 0.2) is 0 Å². The molecule has 2 aromatic heterocycles. The summed E-state index contributed by atoms with van der Waals surface area (Å²) in [5, 5.41) is 3.03. The molecule has 1 aliphatic heterocycles. The van der Waals surface area contributed by atoms with Crippen LogP contribution in [0.5, 0.6) is 0 Å². The molecule has 0 unspecified atom stereocenters. The van der Waals surface area contributed by atoms with Gasteiger partial charge in [-0.1, -0.05) is 0 Å². The first-order valence-electron chi connectivity index (χ1n) is 10.6. The number of piperidine rings is 1. The highest BCUT2D eigenvalue weighted by Crippen LogP contribution is 2.30. The SMILES string of the molecule is Cc1cc(C(=O)Nc2cc(C(N)=O)ccc2N2CCCCC2)c(C)n1Cc1ccco1. The number of carbonyl (C=O) groups excluding carboxylic acids is 2. The quantitative estimate of drug-likeness (QED) is 0.628. The Morgan fingerprint density at radius 1 is 1.10 bits per heavy atom. The summed E-state index contributed by atoms with van der Waals surface area (Å²) in [6, 6.07) is 10.9. The van der Waals surface area contributed by atoms with Crippen LogP contribution in [0.25, 0.3) is 0 Å². The molecule has 0 bridgehead atoms. The lowest BCUT2D eigenvalue weighted by molar-refractivity contribution is 0.0996. The van der Waals surface area contributed by atoms with Gasteiger partial charge in [-0.15, -0.1) is 0 Å². The zero-order valence-corrected chi connectivity index (χ0v) is 18.0. The minimum atomic E-state index is -0.516. The largest absolute Gasteiger partial charge is 0.467 e. The molecule has 1 fully saturated rings. The van der Waals surface area contributed by atoms with E-state index in [0.29, 0.717) is 23.4 Å². The molecule has 3 N–H and O–H groups in total. The smallest absolute Gasteiger partial charge is 0.257 e. The molecule has 1 aromatic carbocycles. The van der Waals surface area contributed by atoms with Gasteiger partial charge in [0.05, 0.1) is 29.7 Å².